The summed E-state index contributed by atoms with van der Waals surface area (Å²) in [6, 6.07) is 20.6. The molecule has 2 aromatic heterocycles. The van der Waals surface area contributed by atoms with Gasteiger partial charge in [0.1, 0.15) is 5.82 Å². The highest BCUT2D eigenvalue weighted by Crippen LogP contribution is 2.22. The lowest BCUT2D eigenvalue weighted by molar-refractivity contribution is 1.000. The lowest BCUT2D eigenvalue weighted by Crippen LogP contribution is -1.93. The number of benzene rings is 2. The van der Waals surface area contributed by atoms with Crippen molar-refractivity contribution in [3.05, 3.63) is 99.8 Å². The average molecular weight is 392 g/mol. The van der Waals surface area contributed by atoms with Crippen LogP contribution in [0.1, 0.15) is 28.2 Å². The van der Waals surface area contributed by atoms with Crippen LogP contribution in [0.4, 0.5) is 0 Å². The number of H-pyrrole nitrogens is 1. The summed E-state index contributed by atoms with van der Waals surface area (Å²) in [5.41, 5.74) is 6.69. The molecular weight excluding hydrogens is 374 g/mol. The van der Waals surface area contributed by atoms with E-state index in [1.165, 1.54) is 22.3 Å². The van der Waals surface area contributed by atoms with E-state index < -0.39 is 0 Å². The van der Waals surface area contributed by atoms with Crippen LogP contribution in [0.5, 0.6) is 0 Å². The normalized spacial score (nSPS) is 10.2. The van der Waals surface area contributed by atoms with E-state index in [1.54, 1.807) is 11.3 Å². The summed E-state index contributed by atoms with van der Waals surface area (Å²) in [6.07, 6.45) is 3.47. The fourth-order valence-electron chi connectivity index (χ4n) is 2.94. The second-order valence-corrected chi connectivity index (χ2v) is 7.01. The molecule has 0 aliphatic heterocycles. The van der Waals surface area contributed by atoms with Crippen LogP contribution in [0, 0.1) is 11.3 Å². The molecule has 0 fully saturated rings. The number of imidazole rings is 1. The second kappa shape index (κ2) is 8.68. The minimum atomic E-state index is 0. The smallest absolute Gasteiger partial charge is 0.110 e. The maximum Gasteiger partial charge on any atom is 0.110 e. The predicted molar refractivity (Wildman–Crippen MR) is 112 cm³/mol. The number of aromatic amines is 1. The Morgan fingerprint density at radius 1 is 0.889 bits per heavy atom. The summed E-state index contributed by atoms with van der Waals surface area (Å²) in [5.74, 6) is 0.969. The molecule has 0 saturated carbocycles. The van der Waals surface area contributed by atoms with E-state index in [-0.39, 0.29) is 12.4 Å². The lowest BCUT2D eigenvalue weighted by atomic mass is 10.1. The van der Waals surface area contributed by atoms with E-state index in [9.17, 15) is 0 Å². The largest absolute Gasteiger partial charge is 0.345 e. The van der Waals surface area contributed by atoms with E-state index in [2.05, 4.69) is 57.1 Å². The van der Waals surface area contributed by atoms with Crippen molar-refractivity contribution >= 4 is 23.7 Å². The van der Waals surface area contributed by atoms with Crippen LogP contribution in [0.3, 0.4) is 0 Å². The van der Waals surface area contributed by atoms with Gasteiger partial charge >= 0.3 is 0 Å². The Labute approximate surface area is 168 Å². The number of nitriles is 1. The molecule has 3 nitrogen and oxygen atoms in total. The number of hydrogen-bond donors (Lipinski definition) is 1. The Kier molecular flexibility index (Phi) is 6.08. The number of rotatable bonds is 5. The molecule has 27 heavy (non-hydrogen) atoms. The number of halogens is 1. The van der Waals surface area contributed by atoms with Crippen LogP contribution in [0.2, 0.25) is 0 Å². The number of nitrogens with one attached hydrogen (secondary N) is 1. The van der Waals surface area contributed by atoms with Crippen molar-refractivity contribution < 1.29 is 0 Å². The van der Waals surface area contributed by atoms with Crippen molar-refractivity contribution in [3.63, 3.8) is 0 Å². The van der Waals surface area contributed by atoms with Crippen molar-refractivity contribution in [2.45, 2.75) is 12.8 Å². The van der Waals surface area contributed by atoms with Gasteiger partial charge in [-0.3, -0.25) is 0 Å². The number of aromatic nitrogens is 2. The summed E-state index contributed by atoms with van der Waals surface area (Å²) >= 11 is 1.72. The topological polar surface area (TPSA) is 52.5 Å². The molecule has 1 N–H and O–H groups in total. The molecule has 5 heteroatoms. The molecule has 0 bridgehead atoms. The van der Waals surface area contributed by atoms with Gasteiger partial charge in [-0.05, 0) is 51.2 Å². The van der Waals surface area contributed by atoms with Crippen molar-refractivity contribution in [1.82, 2.24) is 9.97 Å². The zero-order valence-electron chi connectivity index (χ0n) is 14.6. The second-order valence-electron chi connectivity index (χ2n) is 6.23. The summed E-state index contributed by atoms with van der Waals surface area (Å²) in [7, 11) is 0. The highest BCUT2D eigenvalue weighted by Gasteiger charge is 2.05. The first kappa shape index (κ1) is 18.9. The molecule has 0 aliphatic rings. The Morgan fingerprint density at radius 3 is 2.26 bits per heavy atom. The van der Waals surface area contributed by atoms with Gasteiger partial charge in [0, 0.05) is 24.7 Å². The third-order valence-electron chi connectivity index (χ3n) is 4.34. The molecule has 2 aromatic carbocycles. The first-order valence-corrected chi connectivity index (χ1v) is 9.38. The predicted octanol–water partition coefficient (Wildman–Crippen LogP) is 5.61. The van der Waals surface area contributed by atoms with E-state index >= 15 is 0 Å². The molecule has 4 rings (SSSR count). The van der Waals surface area contributed by atoms with Crippen LogP contribution in [-0.2, 0) is 12.8 Å². The third-order valence-corrected chi connectivity index (χ3v) is 5.02. The maximum absolute atomic E-state index is 8.87. The average Bonchev–Trinajstić information content (AvgIpc) is 3.35. The lowest BCUT2D eigenvalue weighted by Gasteiger charge is -2.02. The third kappa shape index (κ3) is 4.65. The van der Waals surface area contributed by atoms with Gasteiger partial charge < -0.3 is 4.98 Å². The minimum absolute atomic E-state index is 0. The van der Waals surface area contributed by atoms with Gasteiger partial charge in [0.2, 0.25) is 0 Å². The SMILES string of the molecule is Cl.N#Cc1ccc(Cc2cnc(Cc3ccc(-c4ccsc4)cc3)[nH]2)cc1. The molecular formula is C22H18ClN3S. The van der Waals surface area contributed by atoms with Crippen LogP contribution in [0.15, 0.2) is 71.6 Å². The molecule has 0 radical (unpaired) electrons. The number of thiophene rings is 1. The fourth-order valence-corrected chi connectivity index (χ4v) is 3.60. The molecule has 0 saturated heterocycles. The summed E-state index contributed by atoms with van der Waals surface area (Å²) in [4.78, 5) is 7.91. The zero-order chi connectivity index (χ0) is 17.8. The zero-order valence-corrected chi connectivity index (χ0v) is 16.2. The Hall–Kier alpha value is -2.87. The van der Waals surface area contributed by atoms with Crippen molar-refractivity contribution in [1.29, 1.82) is 5.26 Å². The van der Waals surface area contributed by atoms with Gasteiger partial charge in [0.05, 0.1) is 11.6 Å². The summed E-state index contributed by atoms with van der Waals surface area (Å²) in [6.45, 7) is 0. The highest BCUT2D eigenvalue weighted by atomic mass is 35.5. The number of hydrogen-bond acceptors (Lipinski definition) is 3. The molecule has 0 aliphatic carbocycles. The Bertz CT molecular complexity index is 1030. The summed E-state index contributed by atoms with van der Waals surface area (Å²) in [5, 5.41) is 13.1. The number of nitrogens with zero attached hydrogens (tertiary/aromatic N) is 2. The van der Waals surface area contributed by atoms with Gasteiger partial charge in [0.25, 0.3) is 0 Å². The van der Waals surface area contributed by atoms with Crippen molar-refractivity contribution in [3.8, 4) is 17.2 Å². The highest BCUT2D eigenvalue weighted by molar-refractivity contribution is 7.08. The molecule has 0 amide bonds. The van der Waals surface area contributed by atoms with Crippen LogP contribution >= 0.6 is 23.7 Å². The van der Waals surface area contributed by atoms with Crippen LogP contribution in [0.25, 0.3) is 11.1 Å². The Balaban J connectivity index is 0.00000210. The van der Waals surface area contributed by atoms with Gasteiger partial charge in [0.15, 0.2) is 0 Å². The molecule has 134 valence electrons. The quantitative estimate of drug-likeness (QED) is 0.480. The van der Waals surface area contributed by atoms with Gasteiger partial charge in [-0.1, -0.05) is 36.4 Å². The van der Waals surface area contributed by atoms with Crippen molar-refractivity contribution in [2.75, 3.05) is 0 Å². The molecule has 0 atom stereocenters. The first-order chi connectivity index (χ1) is 12.8. The van der Waals surface area contributed by atoms with Crippen LogP contribution < -0.4 is 0 Å². The maximum atomic E-state index is 8.87. The van der Waals surface area contributed by atoms with Gasteiger partial charge in [-0.25, -0.2) is 4.98 Å². The van der Waals surface area contributed by atoms with Gasteiger partial charge in [-0.2, -0.15) is 16.6 Å². The standard InChI is InChI=1S/C22H17N3S.ClH/c23-13-18-3-1-16(2-4-18)11-21-14-24-22(25-21)12-17-5-7-19(8-6-17)20-9-10-26-15-20;/h1-10,14-15H,11-12H2,(H,24,25);1H. The minimum Gasteiger partial charge on any atom is -0.345 e. The molecule has 0 spiro atoms. The molecule has 0 unspecified atom stereocenters. The summed E-state index contributed by atoms with van der Waals surface area (Å²) < 4.78 is 0. The Morgan fingerprint density at radius 2 is 1.59 bits per heavy atom. The van der Waals surface area contributed by atoms with Crippen molar-refractivity contribution in [2.24, 2.45) is 0 Å². The van der Waals surface area contributed by atoms with E-state index in [4.69, 9.17) is 5.26 Å². The fraction of sp³-hybridized carbons (Fsp3) is 0.0909. The van der Waals surface area contributed by atoms with Crippen LogP contribution in [-0.4, -0.2) is 9.97 Å². The van der Waals surface area contributed by atoms with Gasteiger partial charge in [-0.15, -0.1) is 12.4 Å². The first-order valence-electron chi connectivity index (χ1n) is 8.43. The molecule has 2 heterocycles. The van der Waals surface area contributed by atoms with E-state index in [0.717, 1.165) is 24.4 Å². The van der Waals surface area contributed by atoms with E-state index in [0.29, 0.717) is 5.56 Å². The monoisotopic (exact) mass is 391 g/mol. The van der Waals surface area contributed by atoms with E-state index in [1.807, 2.05) is 30.5 Å². The molecule has 4 aromatic rings.